The van der Waals surface area contributed by atoms with Gasteiger partial charge in [0.25, 0.3) is 11.7 Å². The monoisotopic (exact) mass is 297 g/mol. The number of ketones is 1. The number of hydrogen-bond donors (Lipinski definition) is 0. The summed E-state index contributed by atoms with van der Waals surface area (Å²) in [7, 11) is 0. The fourth-order valence-corrected chi connectivity index (χ4v) is 2.17. The van der Waals surface area contributed by atoms with E-state index in [2.05, 4.69) is 0 Å². The number of carbonyl (C=O) groups excluding carboxylic acids is 2. The molecule has 0 bridgehead atoms. The molecule has 3 nitrogen and oxygen atoms in total. The van der Waals surface area contributed by atoms with E-state index in [0.29, 0.717) is 17.8 Å². The standard InChI is InChI=1S/C15H11NO2.2C2H6/c17-14-12-8-4-5-9-13(12)16(15(14)18)10-11-6-2-1-3-7-11;2*1-2/h1-9H,10H2;2*1-2H3. The first-order chi connectivity index (χ1) is 10.8. The van der Waals surface area contributed by atoms with Crippen molar-refractivity contribution in [2.45, 2.75) is 34.2 Å². The van der Waals surface area contributed by atoms with Crippen LogP contribution in [0.25, 0.3) is 0 Å². The molecule has 22 heavy (non-hydrogen) atoms. The molecule has 0 radical (unpaired) electrons. The van der Waals surface area contributed by atoms with Crippen LogP contribution < -0.4 is 4.90 Å². The maximum absolute atomic E-state index is 11.9. The summed E-state index contributed by atoms with van der Waals surface area (Å²) >= 11 is 0. The van der Waals surface area contributed by atoms with Crippen LogP contribution in [0, 0.1) is 0 Å². The molecule has 0 fully saturated rings. The summed E-state index contributed by atoms with van der Waals surface area (Å²) in [6, 6.07) is 16.8. The molecule has 1 aliphatic heterocycles. The van der Waals surface area contributed by atoms with Crippen LogP contribution in [-0.4, -0.2) is 11.7 Å². The van der Waals surface area contributed by atoms with Gasteiger partial charge in [-0.3, -0.25) is 9.59 Å². The van der Waals surface area contributed by atoms with Crippen LogP contribution in [0.2, 0.25) is 0 Å². The lowest BCUT2D eigenvalue weighted by atomic mass is 10.1. The molecule has 0 aliphatic carbocycles. The Balaban J connectivity index is 0.000000561. The second-order valence-electron chi connectivity index (χ2n) is 4.22. The predicted octanol–water partition coefficient (Wildman–Crippen LogP) is 4.47. The van der Waals surface area contributed by atoms with E-state index in [1.54, 1.807) is 18.2 Å². The molecule has 2 aromatic rings. The Morgan fingerprint density at radius 1 is 0.773 bits per heavy atom. The number of amides is 1. The molecule has 1 amide bonds. The first-order valence-electron chi connectivity index (χ1n) is 7.76. The molecule has 0 N–H and O–H groups in total. The highest BCUT2D eigenvalue weighted by Crippen LogP contribution is 2.29. The third-order valence-electron chi connectivity index (χ3n) is 3.06. The van der Waals surface area contributed by atoms with Gasteiger partial charge in [-0.2, -0.15) is 0 Å². The molecule has 1 heterocycles. The lowest BCUT2D eigenvalue weighted by Gasteiger charge is -2.16. The van der Waals surface area contributed by atoms with Crippen molar-refractivity contribution in [3.63, 3.8) is 0 Å². The van der Waals surface area contributed by atoms with Gasteiger partial charge in [0, 0.05) is 0 Å². The van der Waals surface area contributed by atoms with E-state index >= 15 is 0 Å². The molecule has 0 saturated carbocycles. The fraction of sp³-hybridized carbons (Fsp3) is 0.263. The van der Waals surface area contributed by atoms with E-state index in [1.807, 2.05) is 64.1 Å². The van der Waals surface area contributed by atoms with Crippen molar-refractivity contribution in [2.75, 3.05) is 4.90 Å². The average Bonchev–Trinajstić information content (AvgIpc) is 2.85. The smallest absolute Gasteiger partial charge is 0.299 e. The highest BCUT2D eigenvalue weighted by Gasteiger charge is 2.35. The maximum atomic E-state index is 11.9. The van der Waals surface area contributed by atoms with Crippen molar-refractivity contribution in [3.05, 3.63) is 65.7 Å². The van der Waals surface area contributed by atoms with E-state index in [-0.39, 0.29) is 0 Å². The van der Waals surface area contributed by atoms with Crippen molar-refractivity contribution in [2.24, 2.45) is 0 Å². The number of nitrogens with zero attached hydrogens (tertiary/aromatic N) is 1. The van der Waals surface area contributed by atoms with Gasteiger partial charge in [0.2, 0.25) is 0 Å². The van der Waals surface area contributed by atoms with Crippen LogP contribution in [-0.2, 0) is 11.3 Å². The molecular weight excluding hydrogens is 274 g/mol. The number of para-hydroxylation sites is 1. The Morgan fingerprint density at radius 3 is 1.95 bits per heavy atom. The van der Waals surface area contributed by atoms with Crippen molar-refractivity contribution in [1.29, 1.82) is 0 Å². The van der Waals surface area contributed by atoms with Crippen molar-refractivity contribution >= 4 is 17.4 Å². The van der Waals surface area contributed by atoms with Gasteiger partial charge in [-0.25, -0.2) is 0 Å². The van der Waals surface area contributed by atoms with Gasteiger partial charge in [0.05, 0.1) is 17.8 Å². The quantitative estimate of drug-likeness (QED) is 0.767. The Kier molecular flexibility index (Phi) is 7.03. The zero-order chi connectivity index (χ0) is 16.5. The first-order valence-corrected chi connectivity index (χ1v) is 7.76. The predicted molar refractivity (Wildman–Crippen MR) is 91.1 cm³/mol. The molecule has 0 saturated heterocycles. The van der Waals surface area contributed by atoms with Gasteiger partial charge in [0.1, 0.15) is 0 Å². The Morgan fingerprint density at radius 2 is 1.32 bits per heavy atom. The van der Waals surface area contributed by atoms with Crippen LogP contribution in [0.3, 0.4) is 0 Å². The second kappa shape index (κ2) is 8.78. The molecule has 116 valence electrons. The summed E-state index contributed by atoms with van der Waals surface area (Å²) in [6.07, 6.45) is 0. The molecule has 0 unspecified atom stereocenters. The lowest BCUT2D eigenvalue weighted by molar-refractivity contribution is -0.114. The summed E-state index contributed by atoms with van der Waals surface area (Å²) in [5.41, 5.74) is 2.21. The number of hydrogen-bond acceptors (Lipinski definition) is 2. The molecule has 1 aliphatic rings. The number of benzene rings is 2. The minimum atomic E-state index is -0.444. The van der Waals surface area contributed by atoms with Gasteiger partial charge < -0.3 is 4.90 Å². The number of Topliss-reactive ketones (excluding diaryl/α,β-unsaturated/α-hetero) is 1. The Bertz CT molecular complexity index is 620. The molecule has 2 aromatic carbocycles. The minimum Gasteiger partial charge on any atom is -0.300 e. The summed E-state index contributed by atoms with van der Waals surface area (Å²) in [6.45, 7) is 8.43. The Hall–Kier alpha value is -2.42. The van der Waals surface area contributed by atoms with E-state index < -0.39 is 11.7 Å². The van der Waals surface area contributed by atoms with Crippen LogP contribution >= 0.6 is 0 Å². The largest absolute Gasteiger partial charge is 0.300 e. The van der Waals surface area contributed by atoms with Crippen molar-refractivity contribution < 1.29 is 9.59 Å². The molecule has 0 spiro atoms. The maximum Gasteiger partial charge on any atom is 0.299 e. The average molecular weight is 297 g/mol. The fourth-order valence-electron chi connectivity index (χ4n) is 2.17. The number of rotatable bonds is 2. The van der Waals surface area contributed by atoms with E-state index in [1.165, 1.54) is 4.90 Å². The number of carbonyl (C=O) groups is 2. The highest BCUT2D eigenvalue weighted by molar-refractivity contribution is 6.52. The van der Waals surface area contributed by atoms with Crippen molar-refractivity contribution in [3.8, 4) is 0 Å². The zero-order valence-electron chi connectivity index (χ0n) is 13.7. The van der Waals surface area contributed by atoms with Gasteiger partial charge in [-0.05, 0) is 17.7 Å². The van der Waals surface area contributed by atoms with Crippen LogP contribution in [0.1, 0.15) is 43.6 Å². The summed E-state index contributed by atoms with van der Waals surface area (Å²) in [5.74, 6) is -0.860. The summed E-state index contributed by atoms with van der Waals surface area (Å²) in [5, 5.41) is 0. The van der Waals surface area contributed by atoms with Crippen LogP contribution in [0.5, 0.6) is 0 Å². The Labute approximate surface area is 132 Å². The second-order valence-corrected chi connectivity index (χ2v) is 4.22. The third-order valence-corrected chi connectivity index (χ3v) is 3.06. The SMILES string of the molecule is CC.CC.O=C1C(=O)N(Cc2ccccc2)c2ccccc21. The highest BCUT2D eigenvalue weighted by atomic mass is 16.2. The molecule has 0 aromatic heterocycles. The number of anilines is 1. The van der Waals surface area contributed by atoms with E-state index in [0.717, 1.165) is 5.56 Å². The van der Waals surface area contributed by atoms with E-state index in [4.69, 9.17) is 0 Å². The summed E-state index contributed by atoms with van der Waals surface area (Å²) in [4.78, 5) is 25.3. The van der Waals surface area contributed by atoms with Crippen LogP contribution in [0.15, 0.2) is 54.6 Å². The van der Waals surface area contributed by atoms with Gasteiger partial charge >= 0.3 is 0 Å². The first kappa shape index (κ1) is 17.6. The number of fused-ring (bicyclic) bond motifs is 1. The third kappa shape index (κ3) is 3.61. The van der Waals surface area contributed by atoms with Gasteiger partial charge in [0.15, 0.2) is 0 Å². The summed E-state index contributed by atoms with van der Waals surface area (Å²) < 4.78 is 0. The van der Waals surface area contributed by atoms with E-state index in [9.17, 15) is 9.59 Å². The zero-order valence-corrected chi connectivity index (χ0v) is 13.7. The van der Waals surface area contributed by atoms with Crippen molar-refractivity contribution in [1.82, 2.24) is 0 Å². The van der Waals surface area contributed by atoms with Gasteiger partial charge in [-0.1, -0.05) is 70.2 Å². The van der Waals surface area contributed by atoms with Gasteiger partial charge in [-0.15, -0.1) is 0 Å². The topological polar surface area (TPSA) is 37.4 Å². The minimum absolute atomic E-state index is 0.415. The van der Waals surface area contributed by atoms with Crippen LogP contribution in [0.4, 0.5) is 5.69 Å². The molecule has 0 atom stereocenters. The molecule has 3 rings (SSSR count). The normalized spacial score (nSPS) is 11.9. The lowest BCUT2D eigenvalue weighted by Crippen LogP contribution is -2.29. The molecular formula is C19H23NO2. The molecule has 3 heteroatoms.